The van der Waals surface area contributed by atoms with Crippen molar-refractivity contribution in [2.24, 2.45) is 0 Å². The molecule has 0 spiro atoms. The zero-order valence-corrected chi connectivity index (χ0v) is 14.9. The van der Waals surface area contributed by atoms with E-state index in [1.807, 2.05) is 23.4 Å². The fourth-order valence-electron chi connectivity index (χ4n) is 3.22. The second kappa shape index (κ2) is 7.38. The van der Waals surface area contributed by atoms with Crippen LogP contribution in [0.15, 0.2) is 16.3 Å². The first-order valence-electron chi connectivity index (χ1n) is 8.44. The van der Waals surface area contributed by atoms with E-state index in [-0.39, 0.29) is 11.5 Å². The van der Waals surface area contributed by atoms with Crippen LogP contribution in [-0.2, 0) is 11.3 Å². The van der Waals surface area contributed by atoms with Crippen LogP contribution in [0.3, 0.4) is 0 Å². The van der Waals surface area contributed by atoms with Gasteiger partial charge in [0.05, 0.1) is 12.1 Å². The van der Waals surface area contributed by atoms with Crippen LogP contribution >= 0.6 is 11.8 Å². The lowest BCUT2D eigenvalue weighted by molar-refractivity contribution is -0.129. The minimum atomic E-state index is -0.250. The van der Waals surface area contributed by atoms with Crippen LogP contribution in [-0.4, -0.2) is 49.2 Å². The van der Waals surface area contributed by atoms with Crippen molar-refractivity contribution < 1.29 is 4.79 Å². The molecule has 0 bridgehead atoms. The van der Waals surface area contributed by atoms with Crippen LogP contribution in [0.5, 0.6) is 0 Å². The standard InChI is InChI=1S/C16H23N5O2S/c1-3-21-14-13(15(23)18-10-17-14)19-16(21)24-9-12(22)20(2)11-7-5-4-6-8-11/h10-11H,3-9H2,1-2H3,(H,17,18,23). The number of aromatic amines is 1. The number of H-pyrrole nitrogens is 1. The molecule has 0 unspecified atom stereocenters. The van der Waals surface area contributed by atoms with E-state index in [9.17, 15) is 9.59 Å². The highest BCUT2D eigenvalue weighted by Crippen LogP contribution is 2.24. The van der Waals surface area contributed by atoms with Crippen LogP contribution in [0, 0.1) is 0 Å². The van der Waals surface area contributed by atoms with Crippen molar-refractivity contribution >= 4 is 28.8 Å². The minimum absolute atomic E-state index is 0.114. The second-order valence-corrected chi connectivity index (χ2v) is 7.07. The van der Waals surface area contributed by atoms with Gasteiger partial charge in [0.15, 0.2) is 16.3 Å². The van der Waals surface area contributed by atoms with Gasteiger partial charge in [-0.2, -0.15) is 0 Å². The normalized spacial score (nSPS) is 15.8. The number of rotatable bonds is 5. The van der Waals surface area contributed by atoms with E-state index in [0.29, 0.717) is 34.7 Å². The largest absolute Gasteiger partial charge is 0.342 e. The number of fused-ring (bicyclic) bond motifs is 1. The highest BCUT2D eigenvalue weighted by molar-refractivity contribution is 7.99. The van der Waals surface area contributed by atoms with Gasteiger partial charge in [-0.05, 0) is 19.8 Å². The summed E-state index contributed by atoms with van der Waals surface area (Å²) in [7, 11) is 1.90. The van der Waals surface area contributed by atoms with Crippen molar-refractivity contribution in [2.45, 2.75) is 56.8 Å². The molecule has 0 saturated heterocycles. The first-order chi connectivity index (χ1) is 11.6. The summed E-state index contributed by atoms with van der Waals surface area (Å²) < 4.78 is 1.88. The molecule has 0 aromatic carbocycles. The molecule has 1 N–H and O–H groups in total. The number of imidazole rings is 1. The molecule has 0 aliphatic heterocycles. The van der Waals surface area contributed by atoms with Crippen molar-refractivity contribution in [1.29, 1.82) is 0 Å². The average Bonchev–Trinajstić information content (AvgIpc) is 2.98. The minimum Gasteiger partial charge on any atom is -0.342 e. The van der Waals surface area contributed by atoms with Crippen LogP contribution in [0.1, 0.15) is 39.0 Å². The van der Waals surface area contributed by atoms with Gasteiger partial charge in [-0.15, -0.1) is 0 Å². The summed E-state index contributed by atoms with van der Waals surface area (Å²) in [5.41, 5.74) is 0.645. The highest BCUT2D eigenvalue weighted by atomic mass is 32.2. The molecule has 0 atom stereocenters. The molecule has 1 aliphatic carbocycles. The number of amides is 1. The smallest absolute Gasteiger partial charge is 0.278 e. The SMILES string of the molecule is CCn1c(SCC(=O)N(C)C2CCCCC2)nc2c(=O)[nH]cnc21. The number of nitrogens with zero attached hydrogens (tertiary/aromatic N) is 4. The summed E-state index contributed by atoms with van der Waals surface area (Å²) >= 11 is 1.37. The maximum absolute atomic E-state index is 12.5. The average molecular weight is 349 g/mol. The van der Waals surface area contributed by atoms with E-state index in [1.165, 1.54) is 37.4 Å². The predicted octanol–water partition coefficient (Wildman–Crippen LogP) is 2.02. The van der Waals surface area contributed by atoms with E-state index in [1.54, 1.807) is 0 Å². The van der Waals surface area contributed by atoms with E-state index in [2.05, 4.69) is 15.0 Å². The molecular weight excluding hydrogens is 326 g/mol. The number of aromatic nitrogens is 4. The molecule has 130 valence electrons. The first-order valence-corrected chi connectivity index (χ1v) is 9.42. The summed E-state index contributed by atoms with van der Waals surface area (Å²) in [6.45, 7) is 2.63. The van der Waals surface area contributed by atoms with Crippen molar-refractivity contribution in [2.75, 3.05) is 12.8 Å². The Labute approximate surface area is 144 Å². The van der Waals surface area contributed by atoms with Crippen molar-refractivity contribution in [3.05, 3.63) is 16.7 Å². The molecule has 2 aromatic rings. The lowest BCUT2D eigenvalue weighted by Crippen LogP contribution is -2.39. The number of carbonyl (C=O) groups excluding carboxylic acids is 1. The maximum Gasteiger partial charge on any atom is 0.278 e. The predicted molar refractivity (Wildman–Crippen MR) is 94.2 cm³/mol. The Morgan fingerprint density at radius 3 is 2.88 bits per heavy atom. The molecule has 0 radical (unpaired) electrons. The van der Waals surface area contributed by atoms with E-state index < -0.39 is 0 Å². The molecule has 24 heavy (non-hydrogen) atoms. The van der Waals surface area contributed by atoms with Gasteiger partial charge in [0.2, 0.25) is 5.91 Å². The topological polar surface area (TPSA) is 83.9 Å². The van der Waals surface area contributed by atoms with Gasteiger partial charge in [-0.1, -0.05) is 31.0 Å². The number of nitrogens with one attached hydrogen (secondary N) is 1. The summed E-state index contributed by atoms with van der Waals surface area (Å²) in [4.78, 5) is 37.3. The molecule has 1 fully saturated rings. The third kappa shape index (κ3) is 3.33. The fraction of sp³-hybridized carbons (Fsp3) is 0.625. The van der Waals surface area contributed by atoms with Gasteiger partial charge < -0.3 is 14.5 Å². The third-order valence-corrected chi connectivity index (χ3v) is 5.62. The zero-order valence-electron chi connectivity index (χ0n) is 14.1. The number of hydrogen-bond donors (Lipinski definition) is 1. The summed E-state index contributed by atoms with van der Waals surface area (Å²) in [6, 6.07) is 0.362. The molecule has 8 heteroatoms. The van der Waals surface area contributed by atoms with Crippen LogP contribution in [0.2, 0.25) is 0 Å². The lowest BCUT2D eigenvalue weighted by Gasteiger charge is -2.31. The number of thioether (sulfide) groups is 1. The molecule has 3 rings (SSSR count). The Hall–Kier alpha value is -1.83. The quantitative estimate of drug-likeness (QED) is 0.835. The molecular formula is C16H23N5O2S. The molecule has 1 aliphatic rings. The van der Waals surface area contributed by atoms with Crippen molar-refractivity contribution in [3.8, 4) is 0 Å². The second-order valence-electron chi connectivity index (χ2n) is 6.13. The van der Waals surface area contributed by atoms with Gasteiger partial charge in [-0.25, -0.2) is 9.97 Å². The van der Waals surface area contributed by atoms with Crippen molar-refractivity contribution in [1.82, 2.24) is 24.4 Å². The Kier molecular flexibility index (Phi) is 5.23. The van der Waals surface area contributed by atoms with E-state index in [0.717, 1.165) is 12.8 Å². The monoisotopic (exact) mass is 349 g/mol. The molecule has 1 saturated carbocycles. The Bertz CT molecular complexity index is 778. The van der Waals surface area contributed by atoms with E-state index in [4.69, 9.17) is 0 Å². The van der Waals surface area contributed by atoms with Gasteiger partial charge in [0.1, 0.15) is 0 Å². The molecule has 2 heterocycles. The number of carbonyl (C=O) groups is 1. The summed E-state index contributed by atoms with van der Waals surface area (Å²) in [6.07, 6.45) is 7.26. The molecule has 7 nitrogen and oxygen atoms in total. The summed E-state index contributed by atoms with van der Waals surface area (Å²) in [5.74, 6) is 0.442. The first kappa shape index (κ1) is 17.0. The number of aryl methyl sites for hydroxylation is 1. The van der Waals surface area contributed by atoms with Gasteiger partial charge in [0.25, 0.3) is 5.56 Å². The Morgan fingerprint density at radius 2 is 2.17 bits per heavy atom. The lowest BCUT2D eigenvalue weighted by atomic mass is 9.94. The Morgan fingerprint density at radius 1 is 1.42 bits per heavy atom. The molecule has 2 aromatic heterocycles. The van der Waals surface area contributed by atoms with E-state index >= 15 is 0 Å². The Balaban J connectivity index is 1.72. The zero-order chi connectivity index (χ0) is 17.1. The maximum atomic E-state index is 12.5. The fourth-order valence-corrected chi connectivity index (χ4v) is 4.21. The molecule has 1 amide bonds. The number of hydrogen-bond acceptors (Lipinski definition) is 5. The van der Waals surface area contributed by atoms with Crippen LogP contribution in [0.4, 0.5) is 0 Å². The third-order valence-electron chi connectivity index (χ3n) is 4.66. The van der Waals surface area contributed by atoms with Gasteiger partial charge in [-0.3, -0.25) is 9.59 Å². The van der Waals surface area contributed by atoms with Crippen LogP contribution < -0.4 is 5.56 Å². The van der Waals surface area contributed by atoms with Crippen LogP contribution in [0.25, 0.3) is 11.2 Å². The van der Waals surface area contributed by atoms with Gasteiger partial charge >= 0.3 is 0 Å². The van der Waals surface area contributed by atoms with Gasteiger partial charge in [0, 0.05) is 19.6 Å². The highest BCUT2D eigenvalue weighted by Gasteiger charge is 2.23. The van der Waals surface area contributed by atoms with Crippen molar-refractivity contribution in [3.63, 3.8) is 0 Å². The summed E-state index contributed by atoms with van der Waals surface area (Å²) in [5, 5.41) is 0.669.